The Morgan fingerprint density at radius 2 is 1.40 bits per heavy atom. The molecule has 0 aromatic rings. The van der Waals surface area contributed by atoms with Crippen molar-refractivity contribution in [2.75, 3.05) is 0 Å². The van der Waals surface area contributed by atoms with Crippen LogP contribution in [0.25, 0.3) is 0 Å². The highest BCUT2D eigenvalue weighted by Crippen LogP contribution is 2.47. The largest absolute Gasteiger partial charge is 0.481 e. The molecule has 0 aliphatic carbocycles. The van der Waals surface area contributed by atoms with E-state index in [0.29, 0.717) is 0 Å². The molecule has 2 heteroatoms. The molecule has 2 nitrogen and oxygen atoms in total. The number of aliphatic carboxylic acids is 1. The van der Waals surface area contributed by atoms with Crippen LogP contribution in [0.5, 0.6) is 0 Å². The van der Waals surface area contributed by atoms with Crippen LogP contribution in [-0.4, -0.2) is 11.1 Å². The van der Waals surface area contributed by atoms with Crippen molar-refractivity contribution in [3.8, 4) is 0 Å². The molecule has 90 valence electrons. The van der Waals surface area contributed by atoms with Gasteiger partial charge in [-0.25, -0.2) is 0 Å². The third kappa shape index (κ3) is 4.67. The smallest absolute Gasteiger partial charge is 0.303 e. The highest BCUT2D eigenvalue weighted by molar-refractivity contribution is 5.67. The third-order valence-corrected chi connectivity index (χ3v) is 3.58. The van der Waals surface area contributed by atoms with Gasteiger partial charge in [0, 0.05) is 0 Å². The summed E-state index contributed by atoms with van der Waals surface area (Å²) in [4.78, 5) is 10.8. The van der Waals surface area contributed by atoms with Crippen molar-refractivity contribution >= 4 is 5.97 Å². The second-order valence-electron chi connectivity index (χ2n) is 7.05. The highest BCUT2D eigenvalue weighted by atomic mass is 16.4. The van der Waals surface area contributed by atoms with Crippen LogP contribution in [0.1, 0.15) is 61.3 Å². The average Bonchev–Trinajstić information content (AvgIpc) is 1.75. The Morgan fingerprint density at radius 3 is 1.67 bits per heavy atom. The van der Waals surface area contributed by atoms with Crippen molar-refractivity contribution < 1.29 is 9.90 Å². The van der Waals surface area contributed by atoms with Gasteiger partial charge in [-0.05, 0) is 22.7 Å². The Morgan fingerprint density at radius 1 is 1.00 bits per heavy atom. The van der Waals surface area contributed by atoms with Crippen LogP contribution in [0.15, 0.2) is 0 Å². The van der Waals surface area contributed by atoms with Gasteiger partial charge in [0.2, 0.25) is 0 Å². The monoisotopic (exact) mass is 214 g/mol. The maximum atomic E-state index is 10.8. The van der Waals surface area contributed by atoms with Gasteiger partial charge in [0.25, 0.3) is 0 Å². The Labute approximate surface area is 94.1 Å². The zero-order valence-corrected chi connectivity index (χ0v) is 11.3. The summed E-state index contributed by atoms with van der Waals surface area (Å²) in [6.45, 7) is 15.1. The van der Waals surface area contributed by atoms with Crippen molar-refractivity contribution in [3.05, 3.63) is 0 Å². The van der Waals surface area contributed by atoms with Crippen molar-refractivity contribution in [1.29, 1.82) is 0 Å². The first-order valence-electron chi connectivity index (χ1n) is 5.59. The summed E-state index contributed by atoms with van der Waals surface area (Å²) in [6, 6.07) is 0. The van der Waals surface area contributed by atoms with Crippen LogP contribution in [0.2, 0.25) is 0 Å². The SMILES string of the molecule is CC(C)(CC(=O)O)CC(C)(C)C(C)(C)C. The predicted octanol–water partition coefficient (Wildman–Crippen LogP) is 3.95. The maximum Gasteiger partial charge on any atom is 0.303 e. The number of carboxylic acids is 1. The molecule has 0 aromatic carbocycles. The molecule has 0 aromatic heterocycles. The molecule has 0 spiro atoms. The lowest BCUT2D eigenvalue weighted by molar-refractivity contribution is -0.140. The van der Waals surface area contributed by atoms with E-state index in [0.717, 1.165) is 6.42 Å². The predicted molar refractivity (Wildman–Crippen MR) is 63.9 cm³/mol. The summed E-state index contributed by atoms with van der Waals surface area (Å²) in [5, 5.41) is 8.85. The van der Waals surface area contributed by atoms with E-state index < -0.39 is 5.97 Å². The van der Waals surface area contributed by atoms with Crippen LogP contribution < -0.4 is 0 Å². The van der Waals surface area contributed by atoms with Gasteiger partial charge in [0.05, 0.1) is 6.42 Å². The quantitative estimate of drug-likeness (QED) is 0.769. The number of carbonyl (C=O) groups is 1. The summed E-state index contributed by atoms with van der Waals surface area (Å²) < 4.78 is 0. The Bertz CT molecular complexity index is 231. The van der Waals surface area contributed by atoms with E-state index in [1.807, 2.05) is 13.8 Å². The van der Waals surface area contributed by atoms with Crippen LogP contribution >= 0.6 is 0 Å². The van der Waals surface area contributed by atoms with Crippen molar-refractivity contribution in [1.82, 2.24) is 0 Å². The van der Waals surface area contributed by atoms with E-state index in [1.54, 1.807) is 0 Å². The summed E-state index contributed by atoms with van der Waals surface area (Å²) >= 11 is 0. The van der Waals surface area contributed by atoms with Gasteiger partial charge in [-0.2, -0.15) is 0 Å². The van der Waals surface area contributed by atoms with E-state index in [1.165, 1.54) is 0 Å². The summed E-state index contributed by atoms with van der Waals surface area (Å²) in [6.07, 6.45) is 1.17. The molecular formula is C13H26O2. The fraction of sp³-hybridized carbons (Fsp3) is 0.923. The van der Waals surface area contributed by atoms with Gasteiger partial charge in [0.1, 0.15) is 0 Å². The first kappa shape index (κ1) is 14.5. The molecule has 0 saturated carbocycles. The minimum Gasteiger partial charge on any atom is -0.481 e. The van der Waals surface area contributed by atoms with Gasteiger partial charge in [-0.3, -0.25) is 4.79 Å². The van der Waals surface area contributed by atoms with Crippen molar-refractivity contribution in [3.63, 3.8) is 0 Å². The molecule has 0 unspecified atom stereocenters. The first-order valence-corrected chi connectivity index (χ1v) is 5.59. The second-order valence-corrected chi connectivity index (χ2v) is 7.05. The van der Waals surface area contributed by atoms with E-state index >= 15 is 0 Å². The fourth-order valence-electron chi connectivity index (χ4n) is 1.93. The lowest BCUT2D eigenvalue weighted by Crippen LogP contribution is -2.35. The zero-order valence-electron chi connectivity index (χ0n) is 11.3. The topological polar surface area (TPSA) is 37.3 Å². The van der Waals surface area contributed by atoms with Crippen LogP contribution in [0.3, 0.4) is 0 Å². The van der Waals surface area contributed by atoms with E-state index in [2.05, 4.69) is 34.6 Å². The molecular weight excluding hydrogens is 188 g/mol. The molecule has 0 saturated heterocycles. The molecule has 0 atom stereocenters. The van der Waals surface area contributed by atoms with Gasteiger partial charge in [0.15, 0.2) is 0 Å². The molecule has 0 rings (SSSR count). The Balaban J connectivity index is 4.64. The van der Waals surface area contributed by atoms with Gasteiger partial charge < -0.3 is 5.11 Å². The zero-order chi connectivity index (χ0) is 12.5. The molecule has 0 amide bonds. The van der Waals surface area contributed by atoms with Crippen molar-refractivity contribution in [2.45, 2.75) is 61.3 Å². The Hall–Kier alpha value is -0.530. The molecule has 0 bridgehead atoms. The van der Waals surface area contributed by atoms with Gasteiger partial charge in [-0.15, -0.1) is 0 Å². The lowest BCUT2D eigenvalue weighted by Gasteiger charge is -2.43. The molecule has 1 N–H and O–H groups in total. The van der Waals surface area contributed by atoms with Gasteiger partial charge in [-0.1, -0.05) is 48.5 Å². The second kappa shape index (κ2) is 4.15. The lowest BCUT2D eigenvalue weighted by atomic mass is 9.61. The standard InChI is InChI=1S/C13H26O2/c1-11(2,3)13(6,7)9-12(4,5)8-10(14)15/h8-9H2,1-7H3,(H,14,15). The van der Waals surface area contributed by atoms with Crippen LogP contribution in [-0.2, 0) is 4.79 Å². The molecule has 0 radical (unpaired) electrons. The van der Waals surface area contributed by atoms with Gasteiger partial charge >= 0.3 is 5.97 Å². The number of hydrogen-bond acceptors (Lipinski definition) is 1. The van der Waals surface area contributed by atoms with Crippen LogP contribution in [0.4, 0.5) is 0 Å². The maximum absolute atomic E-state index is 10.8. The summed E-state index contributed by atoms with van der Waals surface area (Å²) in [5.74, 6) is -0.704. The third-order valence-electron chi connectivity index (χ3n) is 3.58. The molecule has 0 heterocycles. The summed E-state index contributed by atoms with van der Waals surface area (Å²) in [7, 11) is 0. The first-order chi connectivity index (χ1) is 6.37. The minimum absolute atomic E-state index is 0.136. The highest BCUT2D eigenvalue weighted by Gasteiger charge is 2.38. The average molecular weight is 214 g/mol. The summed E-state index contributed by atoms with van der Waals surface area (Å²) in [5.41, 5.74) is 0.206. The Kier molecular flexibility index (Phi) is 4.00. The number of hydrogen-bond donors (Lipinski definition) is 1. The normalized spacial score (nSPS) is 14.1. The number of carboxylic acid groups (broad SMARTS) is 1. The molecule has 0 aliphatic heterocycles. The van der Waals surface area contributed by atoms with E-state index in [4.69, 9.17) is 5.11 Å². The molecule has 0 aliphatic rings. The number of rotatable bonds is 4. The fourth-order valence-corrected chi connectivity index (χ4v) is 1.93. The minimum atomic E-state index is -0.704. The van der Waals surface area contributed by atoms with Crippen molar-refractivity contribution in [2.24, 2.45) is 16.2 Å². The molecule has 0 fully saturated rings. The van der Waals surface area contributed by atoms with E-state index in [-0.39, 0.29) is 22.7 Å². The van der Waals surface area contributed by atoms with Crippen LogP contribution in [0, 0.1) is 16.2 Å². The van der Waals surface area contributed by atoms with E-state index in [9.17, 15) is 4.79 Å². The molecule has 15 heavy (non-hydrogen) atoms.